The van der Waals surface area contributed by atoms with Gasteiger partial charge in [0.1, 0.15) is 11.4 Å². The molecule has 0 radical (unpaired) electrons. The van der Waals surface area contributed by atoms with E-state index in [4.69, 9.17) is 5.73 Å². The number of nitrogens with two attached hydrogens (primary N) is 1. The highest BCUT2D eigenvalue weighted by Crippen LogP contribution is 2.22. The molecule has 88 valence electrons. The summed E-state index contributed by atoms with van der Waals surface area (Å²) in [6, 6.07) is 3.71. The highest BCUT2D eigenvalue weighted by atomic mass is 15.3. The molecule has 0 aromatic carbocycles. The Morgan fingerprint density at radius 1 is 1.00 bits per heavy atom. The first kappa shape index (κ1) is 10.4. The highest BCUT2D eigenvalue weighted by molar-refractivity contribution is 5.68. The van der Waals surface area contributed by atoms with Gasteiger partial charge in [0.05, 0.1) is 23.8 Å². The van der Waals surface area contributed by atoms with E-state index in [1.807, 2.05) is 12.1 Å². The standard InChI is InChI=1S/C12H10N6/c13-10-8-18(9-1-3-14-4-2-9)17-12(10)11-7-15-5-6-16-11/h1-8H,13H2. The fourth-order valence-electron chi connectivity index (χ4n) is 1.64. The van der Waals surface area contributed by atoms with Crippen LogP contribution in [0, 0.1) is 0 Å². The van der Waals surface area contributed by atoms with Crippen LogP contribution in [-0.4, -0.2) is 24.7 Å². The van der Waals surface area contributed by atoms with E-state index in [0.717, 1.165) is 5.69 Å². The molecule has 0 saturated heterocycles. The van der Waals surface area contributed by atoms with Gasteiger partial charge in [0, 0.05) is 24.8 Å². The van der Waals surface area contributed by atoms with Crippen molar-refractivity contribution in [3.8, 4) is 17.1 Å². The smallest absolute Gasteiger partial charge is 0.136 e. The van der Waals surface area contributed by atoms with Crippen LogP contribution in [0.1, 0.15) is 0 Å². The Bertz CT molecular complexity index is 647. The molecule has 0 saturated carbocycles. The molecule has 3 heterocycles. The molecule has 6 heteroatoms. The van der Waals surface area contributed by atoms with Gasteiger partial charge in [-0.15, -0.1) is 0 Å². The number of rotatable bonds is 2. The number of hydrogen-bond donors (Lipinski definition) is 1. The number of pyridine rings is 1. The van der Waals surface area contributed by atoms with Crippen LogP contribution >= 0.6 is 0 Å². The van der Waals surface area contributed by atoms with Crippen LogP contribution in [0.15, 0.2) is 49.3 Å². The predicted octanol–water partition coefficient (Wildman–Crippen LogP) is 1.31. The monoisotopic (exact) mass is 238 g/mol. The normalized spacial score (nSPS) is 10.4. The third kappa shape index (κ3) is 1.80. The van der Waals surface area contributed by atoms with Crippen LogP contribution in [-0.2, 0) is 0 Å². The largest absolute Gasteiger partial charge is 0.396 e. The van der Waals surface area contributed by atoms with E-state index in [0.29, 0.717) is 17.1 Å². The molecule has 2 N–H and O–H groups in total. The minimum absolute atomic E-state index is 0.562. The minimum Gasteiger partial charge on any atom is -0.396 e. The summed E-state index contributed by atoms with van der Waals surface area (Å²) in [5, 5.41) is 4.41. The summed E-state index contributed by atoms with van der Waals surface area (Å²) in [7, 11) is 0. The molecule has 0 aliphatic rings. The second-order valence-electron chi connectivity index (χ2n) is 3.67. The number of nitrogen functional groups attached to an aromatic ring is 1. The van der Waals surface area contributed by atoms with Crippen LogP contribution in [0.2, 0.25) is 0 Å². The Balaban J connectivity index is 2.07. The second-order valence-corrected chi connectivity index (χ2v) is 3.67. The van der Waals surface area contributed by atoms with Crippen molar-refractivity contribution >= 4 is 5.69 Å². The molecule has 0 fully saturated rings. The van der Waals surface area contributed by atoms with Crippen molar-refractivity contribution in [2.24, 2.45) is 0 Å². The second kappa shape index (κ2) is 4.25. The van der Waals surface area contributed by atoms with Crippen molar-refractivity contribution in [3.05, 3.63) is 49.3 Å². The van der Waals surface area contributed by atoms with Gasteiger partial charge in [-0.3, -0.25) is 15.0 Å². The summed E-state index contributed by atoms with van der Waals surface area (Å²) in [5.74, 6) is 0. The van der Waals surface area contributed by atoms with E-state index in [9.17, 15) is 0 Å². The van der Waals surface area contributed by atoms with Gasteiger partial charge in [-0.2, -0.15) is 5.10 Å². The molecule has 3 aromatic heterocycles. The molecule has 0 atom stereocenters. The summed E-state index contributed by atoms with van der Waals surface area (Å²) in [6.07, 6.45) is 10.0. The van der Waals surface area contributed by atoms with Crippen molar-refractivity contribution in [1.82, 2.24) is 24.7 Å². The molecule has 0 unspecified atom stereocenters. The SMILES string of the molecule is Nc1cn(-c2ccncc2)nc1-c1cnccn1. The lowest BCUT2D eigenvalue weighted by molar-refractivity contribution is 0.879. The average Bonchev–Trinajstić information content (AvgIpc) is 2.83. The van der Waals surface area contributed by atoms with Gasteiger partial charge in [-0.25, -0.2) is 4.68 Å². The highest BCUT2D eigenvalue weighted by Gasteiger charge is 2.10. The van der Waals surface area contributed by atoms with Crippen LogP contribution < -0.4 is 5.73 Å². The Morgan fingerprint density at radius 3 is 2.56 bits per heavy atom. The third-order valence-electron chi connectivity index (χ3n) is 2.48. The van der Waals surface area contributed by atoms with Crippen molar-refractivity contribution < 1.29 is 0 Å². The first-order chi connectivity index (χ1) is 8.84. The van der Waals surface area contributed by atoms with Gasteiger partial charge >= 0.3 is 0 Å². The first-order valence-corrected chi connectivity index (χ1v) is 5.36. The van der Waals surface area contributed by atoms with Crippen LogP contribution in [0.3, 0.4) is 0 Å². The fraction of sp³-hybridized carbons (Fsp3) is 0. The van der Waals surface area contributed by atoms with E-state index < -0.39 is 0 Å². The predicted molar refractivity (Wildman–Crippen MR) is 66.8 cm³/mol. The molecule has 0 aliphatic carbocycles. The van der Waals surface area contributed by atoms with E-state index >= 15 is 0 Å². The average molecular weight is 238 g/mol. The Hall–Kier alpha value is -2.76. The van der Waals surface area contributed by atoms with Crippen LogP contribution in [0.25, 0.3) is 17.1 Å². The van der Waals surface area contributed by atoms with E-state index in [-0.39, 0.29) is 0 Å². The summed E-state index contributed by atoms with van der Waals surface area (Å²) in [5.41, 5.74) is 8.68. The Kier molecular flexibility index (Phi) is 2.45. The number of anilines is 1. The van der Waals surface area contributed by atoms with Crippen LogP contribution in [0.4, 0.5) is 5.69 Å². The zero-order valence-electron chi connectivity index (χ0n) is 9.43. The fourth-order valence-corrected chi connectivity index (χ4v) is 1.64. The summed E-state index contributed by atoms with van der Waals surface area (Å²) in [4.78, 5) is 12.2. The van der Waals surface area contributed by atoms with E-state index in [1.165, 1.54) is 0 Å². The van der Waals surface area contributed by atoms with Gasteiger partial charge in [-0.1, -0.05) is 0 Å². The number of nitrogens with zero attached hydrogens (tertiary/aromatic N) is 5. The summed E-state index contributed by atoms with van der Waals surface area (Å²) in [6.45, 7) is 0. The molecule has 0 aliphatic heterocycles. The minimum atomic E-state index is 0.562. The molecule has 3 rings (SSSR count). The quantitative estimate of drug-likeness (QED) is 0.727. The van der Waals surface area contributed by atoms with Crippen molar-refractivity contribution in [2.45, 2.75) is 0 Å². The van der Waals surface area contributed by atoms with Gasteiger partial charge in [0.2, 0.25) is 0 Å². The van der Waals surface area contributed by atoms with Crippen molar-refractivity contribution in [3.63, 3.8) is 0 Å². The molecule has 0 bridgehead atoms. The van der Waals surface area contributed by atoms with Gasteiger partial charge in [0.25, 0.3) is 0 Å². The lowest BCUT2D eigenvalue weighted by atomic mass is 10.3. The molecular formula is C12H10N6. The third-order valence-corrected chi connectivity index (χ3v) is 2.48. The zero-order valence-corrected chi connectivity index (χ0v) is 9.43. The van der Waals surface area contributed by atoms with E-state index in [2.05, 4.69) is 20.1 Å². The van der Waals surface area contributed by atoms with Gasteiger partial charge in [0.15, 0.2) is 0 Å². The molecule has 18 heavy (non-hydrogen) atoms. The Morgan fingerprint density at radius 2 is 1.83 bits per heavy atom. The Labute approximate surface area is 103 Å². The summed E-state index contributed by atoms with van der Waals surface area (Å²) >= 11 is 0. The molecule has 3 aromatic rings. The maximum Gasteiger partial charge on any atom is 0.136 e. The topological polar surface area (TPSA) is 82.5 Å². The maximum atomic E-state index is 5.94. The number of aromatic nitrogens is 5. The molecule has 0 amide bonds. The zero-order chi connectivity index (χ0) is 12.4. The lowest BCUT2D eigenvalue weighted by Crippen LogP contribution is -1.95. The van der Waals surface area contributed by atoms with Gasteiger partial charge in [-0.05, 0) is 12.1 Å². The van der Waals surface area contributed by atoms with Crippen LogP contribution in [0.5, 0.6) is 0 Å². The molecule has 6 nitrogen and oxygen atoms in total. The summed E-state index contributed by atoms with van der Waals surface area (Å²) < 4.78 is 1.70. The van der Waals surface area contributed by atoms with Crippen molar-refractivity contribution in [2.75, 3.05) is 5.73 Å². The number of hydrogen-bond acceptors (Lipinski definition) is 5. The maximum absolute atomic E-state index is 5.94. The van der Waals surface area contributed by atoms with E-state index in [1.54, 1.807) is 41.9 Å². The molecular weight excluding hydrogens is 228 g/mol. The first-order valence-electron chi connectivity index (χ1n) is 5.36. The van der Waals surface area contributed by atoms with Gasteiger partial charge < -0.3 is 5.73 Å². The van der Waals surface area contributed by atoms with Crippen molar-refractivity contribution in [1.29, 1.82) is 0 Å². The lowest BCUT2D eigenvalue weighted by Gasteiger charge is -1.98. The molecule has 0 spiro atoms.